The van der Waals surface area contributed by atoms with Crippen molar-refractivity contribution >= 4 is 23.9 Å². The summed E-state index contributed by atoms with van der Waals surface area (Å²) in [5, 5.41) is 9.55. The maximum absolute atomic E-state index is 13.0. The van der Waals surface area contributed by atoms with Crippen molar-refractivity contribution in [2.45, 2.75) is 131 Å². The van der Waals surface area contributed by atoms with Gasteiger partial charge in [-0.05, 0) is 151 Å². The number of amides is 3. The number of fused-ring (bicyclic) bond motifs is 2. The van der Waals surface area contributed by atoms with Gasteiger partial charge in [0.25, 0.3) is 17.7 Å². The summed E-state index contributed by atoms with van der Waals surface area (Å²) >= 11 is 0. The van der Waals surface area contributed by atoms with Gasteiger partial charge in [0.1, 0.15) is 0 Å². The minimum absolute atomic E-state index is 0.0158. The summed E-state index contributed by atoms with van der Waals surface area (Å²) in [6, 6.07) is 17.9. The first kappa shape index (κ1) is 59.9. The fraction of sp³-hybridized carbons (Fsp3) is 0.552. The molecule has 0 aliphatic heterocycles. The van der Waals surface area contributed by atoms with Crippen molar-refractivity contribution in [3.8, 4) is 0 Å². The minimum Gasteiger partial charge on any atom is -0.352 e. The van der Waals surface area contributed by atoms with Crippen LogP contribution in [-0.2, 0) is 21.9 Å². The lowest BCUT2D eigenvalue weighted by Crippen LogP contribution is -2.60. The van der Waals surface area contributed by atoms with Gasteiger partial charge in [-0.25, -0.2) is 0 Å². The molecule has 3 amide bonds. The van der Waals surface area contributed by atoms with E-state index in [9.17, 15) is 40.7 Å². The molecule has 17 heteroatoms. The zero-order valence-electron chi connectivity index (χ0n) is 44.3. The molecule has 4 aromatic rings. The van der Waals surface area contributed by atoms with Crippen LogP contribution in [-0.4, -0.2) is 59.0 Å². The SMILES string of the molecule is C[C@@H]1[C@H](NC(=O)c2cccnc2)CC2C(C)(C)CCC[C@]2(C)[C@H]1CN.C[C@@H]1[C@H](NC(=O)c2cccnc2)CC2C(C)(C)CCC[C@]2(C)[C@H]1CNC(=O)c1ccc(C(F)(F)F)cc1.FC(F)(F)c1ccccc1.O=C=O. The van der Waals surface area contributed by atoms with E-state index in [-0.39, 0.29) is 63.7 Å². The molecule has 2 heterocycles. The quantitative estimate of drug-likeness (QED) is 0.126. The van der Waals surface area contributed by atoms with Gasteiger partial charge in [-0.3, -0.25) is 24.4 Å². The van der Waals surface area contributed by atoms with Crippen molar-refractivity contribution in [2.24, 2.45) is 62.9 Å². The number of halogens is 6. The van der Waals surface area contributed by atoms with E-state index < -0.39 is 29.4 Å². The molecular formula is C58H74F6N6O5. The zero-order chi connectivity index (χ0) is 55.6. The third-order valence-corrected chi connectivity index (χ3v) is 17.6. The number of alkyl halides is 6. The summed E-state index contributed by atoms with van der Waals surface area (Å²) in [6.07, 6.45) is 7.08. The molecule has 4 aliphatic carbocycles. The number of pyridine rings is 2. The molecule has 11 nitrogen and oxygen atoms in total. The number of nitrogens with two attached hydrogens (primary N) is 1. The first-order chi connectivity index (χ1) is 35.1. The topological polar surface area (TPSA) is 173 Å². The third kappa shape index (κ3) is 14.5. The summed E-state index contributed by atoms with van der Waals surface area (Å²) in [4.78, 5) is 63.0. The van der Waals surface area contributed by atoms with E-state index in [0.29, 0.717) is 53.3 Å². The number of rotatable bonds is 8. The molecule has 5 N–H and O–H groups in total. The van der Waals surface area contributed by atoms with Gasteiger partial charge in [0, 0.05) is 49.0 Å². The average Bonchev–Trinajstić information content (AvgIpc) is 3.35. The standard InChI is InChI=1S/C29H36F3N3O2.C21H33N3O.C7H5F3.CO2/c1-18-22(17-34-25(36)19-8-10-21(11-9-19)29(30,31)32)28(4)13-6-12-27(2,3)24(28)15-23(18)35-26(37)20-7-5-14-33-16-20;1-14-16(12-22)21(4)9-6-8-20(2,3)18(21)11-17(14)24-19(25)15-7-5-10-23-13-15;8-7(9,10)6-4-2-1-3-5-6;2-1-3/h5,7-11,14,16,18,22-24H,6,12-13,15,17H2,1-4H3,(H,34,36)(H,35,37);5,7,10,13-14,16-18H,6,8-9,11-12,22H2,1-4H3,(H,24,25);1-5H;/t18-,22-,23+,24?,28+;14-,16-,17+,18?,21+;;/m00../s1. The van der Waals surface area contributed by atoms with Gasteiger partial charge in [0.15, 0.2) is 0 Å². The smallest absolute Gasteiger partial charge is 0.352 e. The normalized spacial score (nSPS) is 28.4. The molecule has 0 bridgehead atoms. The summed E-state index contributed by atoms with van der Waals surface area (Å²) in [5.41, 5.74) is 6.85. The van der Waals surface area contributed by atoms with Gasteiger partial charge >= 0.3 is 18.5 Å². The molecule has 2 unspecified atom stereocenters. The minimum atomic E-state index is -4.45. The van der Waals surface area contributed by atoms with Gasteiger partial charge < -0.3 is 21.7 Å². The van der Waals surface area contributed by atoms with Crippen LogP contribution in [0.15, 0.2) is 104 Å². The Kier molecular flexibility index (Phi) is 19.8. The lowest BCUT2D eigenvalue weighted by atomic mass is 9.45. The molecule has 4 fully saturated rings. The van der Waals surface area contributed by atoms with Crippen LogP contribution in [0, 0.1) is 57.2 Å². The highest BCUT2D eigenvalue weighted by Gasteiger charge is 2.58. The molecule has 0 saturated heterocycles. The second-order valence-corrected chi connectivity index (χ2v) is 22.8. The highest BCUT2D eigenvalue weighted by molar-refractivity contribution is 5.95. The van der Waals surface area contributed by atoms with Crippen LogP contribution in [0.3, 0.4) is 0 Å². The Morgan fingerprint density at radius 3 is 1.39 bits per heavy atom. The van der Waals surface area contributed by atoms with E-state index in [1.165, 1.54) is 43.5 Å². The van der Waals surface area contributed by atoms with Crippen molar-refractivity contribution in [3.63, 3.8) is 0 Å². The Labute approximate surface area is 437 Å². The Bertz CT molecular complexity index is 2520. The summed E-state index contributed by atoms with van der Waals surface area (Å²) in [6.45, 7) is 19.6. The summed E-state index contributed by atoms with van der Waals surface area (Å²) in [7, 11) is 0. The largest absolute Gasteiger partial charge is 0.416 e. The van der Waals surface area contributed by atoms with Crippen LogP contribution in [0.4, 0.5) is 26.3 Å². The van der Waals surface area contributed by atoms with E-state index in [1.807, 2.05) is 12.1 Å². The van der Waals surface area contributed by atoms with Gasteiger partial charge in [0.2, 0.25) is 0 Å². The Morgan fingerprint density at radius 1 is 0.587 bits per heavy atom. The molecule has 4 saturated carbocycles. The molecule has 8 rings (SSSR count). The Morgan fingerprint density at radius 2 is 1.00 bits per heavy atom. The first-order valence-corrected chi connectivity index (χ1v) is 25.8. The van der Waals surface area contributed by atoms with Gasteiger partial charge in [0.05, 0.1) is 22.3 Å². The molecule has 4 aliphatic rings. The maximum Gasteiger partial charge on any atom is 0.416 e. The molecule has 2 aromatic heterocycles. The van der Waals surface area contributed by atoms with Crippen LogP contribution in [0.1, 0.15) is 149 Å². The molecule has 0 spiro atoms. The highest BCUT2D eigenvalue weighted by Crippen LogP contribution is 2.62. The maximum atomic E-state index is 13.0. The number of hydrogen-bond acceptors (Lipinski definition) is 8. The third-order valence-electron chi connectivity index (χ3n) is 17.6. The number of aromatic nitrogens is 2. The first-order valence-electron chi connectivity index (χ1n) is 25.8. The van der Waals surface area contributed by atoms with Crippen molar-refractivity contribution in [1.82, 2.24) is 25.9 Å². The lowest BCUT2D eigenvalue weighted by molar-refractivity contribution is -0.191. The lowest BCUT2D eigenvalue weighted by Gasteiger charge is -2.61. The molecule has 0 radical (unpaired) electrons. The van der Waals surface area contributed by atoms with Gasteiger partial charge in [-0.2, -0.15) is 35.9 Å². The Balaban J connectivity index is 0.000000234. The Hall–Kier alpha value is -5.93. The predicted molar refractivity (Wildman–Crippen MR) is 273 cm³/mol. The van der Waals surface area contributed by atoms with Crippen molar-refractivity contribution in [1.29, 1.82) is 0 Å². The molecule has 408 valence electrons. The predicted octanol–water partition coefficient (Wildman–Crippen LogP) is 11.9. The van der Waals surface area contributed by atoms with E-state index in [4.69, 9.17) is 15.3 Å². The number of nitrogens with one attached hydrogen (secondary N) is 3. The van der Waals surface area contributed by atoms with Crippen LogP contribution in [0.5, 0.6) is 0 Å². The second-order valence-electron chi connectivity index (χ2n) is 22.8. The number of hydrogen-bond donors (Lipinski definition) is 4. The zero-order valence-corrected chi connectivity index (χ0v) is 44.3. The highest BCUT2D eigenvalue weighted by atomic mass is 19.4. The average molecular weight is 1050 g/mol. The second kappa shape index (κ2) is 24.8. The fourth-order valence-corrected chi connectivity index (χ4v) is 13.6. The summed E-state index contributed by atoms with van der Waals surface area (Å²) in [5.74, 6) is 1.39. The van der Waals surface area contributed by atoms with Gasteiger partial charge in [-0.1, -0.05) is 98.6 Å². The van der Waals surface area contributed by atoms with Crippen molar-refractivity contribution in [2.75, 3.05) is 13.1 Å². The van der Waals surface area contributed by atoms with Gasteiger partial charge in [-0.15, -0.1) is 0 Å². The van der Waals surface area contributed by atoms with Crippen LogP contribution in [0.25, 0.3) is 0 Å². The monoisotopic (exact) mass is 1050 g/mol. The van der Waals surface area contributed by atoms with E-state index >= 15 is 0 Å². The number of nitrogens with zero attached hydrogens (tertiary/aromatic N) is 2. The van der Waals surface area contributed by atoms with Crippen LogP contribution in [0.2, 0.25) is 0 Å². The van der Waals surface area contributed by atoms with Crippen molar-refractivity contribution < 1.29 is 50.3 Å². The summed E-state index contributed by atoms with van der Waals surface area (Å²) < 4.78 is 74.1. The van der Waals surface area contributed by atoms with E-state index in [1.54, 1.807) is 43.0 Å². The van der Waals surface area contributed by atoms with Crippen LogP contribution >= 0.6 is 0 Å². The number of carbonyl (C=O) groups excluding carboxylic acids is 5. The molecular weight excluding hydrogens is 975 g/mol. The number of carbonyl (C=O) groups is 3. The van der Waals surface area contributed by atoms with E-state index in [2.05, 4.69) is 81.3 Å². The molecule has 2 aromatic carbocycles. The number of benzene rings is 2. The van der Waals surface area contributed by atoms with Crippen LogP contribution < -0.4 is 21.7 Å². The fourth-order valence-electron chi connectivity index (χ4n) is 13.6. The molecule has 75 heavy (non-hydrogen) atoms. The van der Waals surface area contributed by atoms with Crippen molar-refractivity contribution in [3.05, 3.63) is 131 Å². The van der Waals surface area contributed by atoms with E-state index in [0.717, 1.165) is 56.4 Å². The molecule has 10 atom stereocenters.